The summed E-state index contributed by atoms with van der Waals surface area (Å²) in [6.07, 6.45) is 7.11. The summed E-state index contributed by atoms with van der Waals surface area (Å²) in [7, 11) is 0. The first-order valence-corrected chi connectivity index (χ1v) is 13.4. The molecule has 1 aromatic carbocycles. The first-order valence-electron chi connectivity index (χ1n) is 10.7. The summed E-state index contributed by atoms with van der Waals surface area (Å²) < 4.78 is 2.22. The van der Waals surface area contributed by atoms with Crippen LogP contribution in [0, 0.1) is 0 Å². The van der Waals surface area contributed by atoms with Gasteiger partial charge in [0.25, 0.3) is 0 Å². The van der Waals surface area contributed by atoms with Crippen molar-refractivity contribution in [3.05, 3.63) is 46.3 Å². The first-order chi connectivity index (χ1) is 14.7. The van der Waals surface area contributed by atoms with Gasteiger partial charge < -0.3 is 0 Å². The number of aryl methyl sites for hydroxylation is 3. The van der Waals surface area contributed by atoms with E-state index in [4.69, 9.17) is 4.98 Å². The Hall–Kier alpha value is -1.57. The van der Waals surface area contributed by atoms with Crippen LogP contribution in [0.3, 0.4) is 0 Å². The van der Waals surface area contributed by atoms with Crippen LogP contribution in [0.15, 0.2) is 40.6 Å². The molecule has 0 radical (unpaired) electrons. The van der Waals surface area contributed by atoms with Crippen LogP contribution in [0.4, 0.5) is 0 Å². The van der Waals surface area contributed by atoms with Gasteiger partial charge in [0.2, 0.25) is 0 Å². The van der Waals surface area contributed by atoms with E-state index in [1.165, 1.54) is 40.7 Å². The van der Waals surface area contributed by atoms with E-state index in [9.17, 15) is 0 Å². The van der Waals surface area contributed by atoms with Gasteiger partial charge in [0.1, 0.15) is 4.83 Å². The lowest BCUT2D eigenvalue weighted by Crippen LogP contribution is -2.02. The summed E-state index contributed by atoms with van der Waals surface area (Å²) in [5.41, 5.74) is 3.88. The van der Waals surface area contributed by atoms with Crippen molar-refractivity contribution in [1.82, 2.24) is 19.6 Å². The molecule has 1 aliphatic rings. The third-order valence-electron chi connectivity index (χ3n) is 5.42. The van der Waals surface area contributed by atoms with Crippen LogP contribution in [-0.2, 0) is 19.3 Å². The lowest BCUT2D eigenvalue weighted by atomic mass is 9.97. The van der Waals surface area contributed by atoms with Crippen molar-refractivity contribution >= 4 is 50.7 Å². The van der Waals surface area contributed by atoms with E-state index in [-0.39, 0.29) is 0 Å². The molecule has 0 unspecified atom stereocenters. The highest BCUT2D eigenvalue weighted by Gasteiger charge is 2.24. The molecule has 3 aromatic heterocycles. The van der Waals surface area contributed by atoms with Crippen LogP contribution < -0.4 is 0 Å². The lowest BCUT2D eigenvalue weighted by molar-refractivity contribution is 0.700. The molecular weight excluding hydrogens is 428 g/mol. The summed E-state index contributed by atoms with van der Waals surface area (Å²) in [6, 6.07) is 10.7. The monoisotopic (exact) mass is 454 g/mol. The molecule has 0 bridgehead atoms. The Kier molecular flexibility index (Phi) is 6.03. The van der Waals surface area contributed by atoms with Gasteiger partial charge in [-0.25, -0.2) is 9.38 Å². The summed E-state index contributed by atoms with van der Waals surface area (Å²) in [5, 5.41) is 13.0. The topological polar surface area (TPSA) is 43.1 Å². The van der Waals surface area contributed by atoms with Crippen molar-refractivity contribution in [2.75, 3.05) is 5.75 Å². The molecule has 0 spiro atoms. The molecule has 5 rings (SSSR count). The van der Waals surface area contributed by atoms with Gasteiger partial charge in [0.15, 0.2) is 16.0 Å². The minimum absolute atomic E-state index is 0.464. The number of hydrogen-bond donors (Lipinski definition) is 0. The molecule has 0 saturated carbocycles. The van der Waals surface area contributed by atoms with Crippen LogP contribution in [0.2, 0.25) is 0 Å². The molecule has 0 amide bonds. The van der Waals surface area contributed by atoms with Gasteiger partial charge in [-0.2, -0.15) is 0 Å². The molecule has 0 atom stereocenters. The molecule has 156 valence electrons. The van der Waals surface area contributed by atoms with E-state index in [1.807, 2.05) is 23.1 Å². The van der Waals surface area contributed by atoms with Gasteiger partial charge in [-0.1, -0.05) is 67.7 Å². The van der Waals surface area contributed by atoms with Crippen LogP contribution in [-0.4, -0.2) is 30.6 Å². The maximum absolute atomic E-state index is 5.11. The van der Waals surface area contributed by atoms with Crippen LogP contribution in [0.25, 0.3) is 15.9 Å². The molecule has 30 heavy (non-hydrogen) atoms. The number of benzene rings is 1. The van der Waals surface area contributed by atoms with Gasteiger partial charge in [-0.3, -0.25) is 0 Å². The summed E-state index contributed by atoms with van der Waals surface area (Å²) in [6.45, 7) is 4.44. The Morgan fingerprint density at radius 3 is 2.73 bits per heavy atom. The summed E-state index contributed by atoms with van der Waals surface area (Å²) in [4.78, 5) is 7.76. The van der Waals surface area contributed by atoms with E-state index in [2.05, 4.69) is 58.8 Å². The van der Waals surface area contributed by atoms with Crippen LogP contribution >= 0.6 is 34.9 Å². The smallest absolute Gasteiger partial charge is 0.197 e. The fourth-order valence-corrected chi connectivity index (χ4v) is 7.16. The van der Waals surface area contributed by atoms with Crippen molar-refractivity contribution in [3.63, 3.8) is 0 Å². The second-order valence-corrected chi connectivity index (χ2v) is 11.7. The molecule has 4 aromatic rings. The van der Waals surface area contributed by atoms with Gasteiger partial charge >= 0.3 is 0 Å². The van der Waals surface area contributed by atoms with Gasteiger partial charge in [-0.05, 0) is 49.7 Å². The predicted molar refractivity (Wildman–Crippen MR) is 129 cm³/mol. The quantitative estimate of drug-likeness (QED) is 0.182. The van der Waals surface area contributed by atoms with Gasteiger partial charge in [0, 0.05) is 15.9 Å². The molecule has 0 N–H and O–H groups in total. The van der Waals surface area contributed by atoms with Crippen molar-refractivity contribution in [3.8, 4) is 0 Å². The number of thioether (sulfide) groups is 2. The van der Waals surface area contributed by atoms with Gasteiger partial charge in [-0.15, -0.1) is 21.5 Å². The second kappa shape index (κ2) is 8.89. The fourth-order valence-electron chi connectivity index (χ4n) is 4.07. The summed E-state index contributed by atoms with van der Waals surface area (Å²) in [5.74, 6) is 1.03. The predicted octanol–water partition coefficient (Wildman–Crippen LogP) is 6.44. The molecule has 4 nitrogen and oxygen atoms in total. The van der Waals surface area contributed by atoms with E-state index in [0.29, 0.717) is 5.25 Å². The third kappa shape index (κ3) is 3.99. The van der Waals surface area contributed by atoms with Crippen molar-refractivity contribution in [2.45, 2.75) is 67.9 Å². The van der Waals surface area contributed by atoms with Gasteiger partial charge in [0.05, 0.1) is 5.39 Å². The van der Waals surface area contributed by atoms with Crippen LogP contribution in [0.1, 0.15) is 49.1 Å². The Morgan fingerprint density at radius 1 is 1.07 bits per heavy atom. The minimum Gasteiger partial charge on any atom is -0.247 e. The van der Waals surface area contributed by atoms with E-state index in [1.54, 1.807) is 11.8 Å². The average Bonchev–Trinajstić information content (AvgIpc) is 3.32. The van der Waals surface area contributed by atoms with Crippen molar-refractivity contribution in [1.29, 1.82) is 0 Å². The Labute approximate surface area is 189 Å². The molecule has 7 heteroatoms. The Morgan fingerprint density at radius 2 is 1.90 bits per heavy atom. The Balaban J connectivity index is 1.47. The highest BCUT2D eigenvalue weighted by atomic mass is 32.2. The Bertz CT molecular complexity index is 1160. The molecule has 0 aliphatic heterocycles. The molecule has 1 aliphatic carbocycles. The first kappa shape index (κ1) is 20.3. The van der Waals surface area contributed by atoms with E-state index < -0.39 is 0 Å². The number of aromatic nitrogens is 4. The zero-order chi connectivity index (χ0) is 20.5. The van der Waals surface area contributed by atoms with Crippen molar-refractivity contribution in [2.24, 2.45) is 0 Å². The number of thiophene rings is 1. The summed E-state index contributed by atoms with van der Waals surface area (Å²) >= 11 is 5.49. The number of hydrogen-bond acceptors (Lipinski definition) is 6. The minimum atomic E-state index is 0.464. The number of rotatable bonds is 7. The highest BCUT2D eigenvalue weighted by molar-refractivity contribution is 8.00. The molecule has 0 fully saturated rings. The third-order valence-corrected chi connectivity index (χ3v) is 8.58. The lowest BCUT2D eigenvalue weighted by Gasteiger charge is -2.11. The normalized spacial score (nSPS) is 14.1. The maximum atomic E-state index is 5.11. The standard InChI is InChI=1S/C23H26N4S3/c1-15(2)29-22-24-21-19(17-12-6-7-13-18(17)30-21)20-25-26-23(27(20)22)28-14-8-11-16-9-4-3-5-10-16/h3-5,9-10,15H,6-8,11-14H2,1-2H3. The van der Waals surface area contributed by atoms with E-state index in [0.717, 1.165) is 45.8 Å². The zero-order valence-electron chi connectivity index (χ0n) is 17.4. The largest absolute Gasteiger partial charge is 0.247 e. The van der Waals surface area contributed by atoms with Crippen molar-refractivity contribution < 1.29 is 0 Å². The molecule has 0 saturated heterocycles. The number of fused-ring (bicyclic) bond motifs is 5. The SMILES string of the molecule is CC(C)Sc1nc2sc3c(c2c2nnc(SCCCc4ccccc4)n12)CCCC3. The highest BCUT2D eigenvalue weighted by Crippen LogP contribution is 2.40. The van der Waals surface area contributed by atoms with Crippen LogP contribution in [0.5, 0.6) is 0 Å². The second-order valence-electron chi connectivity index (χ2n) is 8.03. The maximum Gasteiger partial charge on any atom is 0.197 e. The van der Waals surface area contributed by atoms with E-state index >= 15 is 0 Å². The fraction of sp³-hybridized carbons (Fsp3) is 0.435. The average molecular weight is 455 g/mol. The zero-order valence-corrected chi connectivity index (χ0v) is 19.9. The molecule has 3 heterocycles. The number of nitrogens with zero attached hydrogens (tertiary/aromatic N) is 4. The molecular formula is C23H26N4S3.